The molecule has 2 fully saturated rings. The van der Waals surface area contributed by atoms with Crippen LogP contribution in [0.15, 0.2) is 0 Å². The molecule has 0 aromatic carbocycles. The van der Waals surface area contributed by atoms with E-state index in [-0.39, 0.29) is 29.7 Å². The van der Waals surface area contributed by atoms with Gasteiger partial charge in [0.1, 0.15) is 0 Å². The Kier molecular flexibility index (Phi) is 6.68. The Morgan fingerprint density at radius 1 is 1.14 bits per heavy atom. The molecule has 1 aliphatic carbocycles. The van der Waals surface area contributed by atoms with Gasteiger partial charge in [0.25, 0.3) is 0 Å². The second-order valence-corrected chi connectivity index (χ2v) is 6.72. The minimum Gasteiger partial charge on any atom is -0.385 e. The third kappa shape index (κ3) is 4.45. The van der Waals surface area contributed by atoms with Crippen molar-refractivity contribution in [3.8, 4) is 0 Å². The first kappa shape index (κ1) is 17.3. The van der Waals surface area contributed by atoms with Crippen molar-refractivity contribution in [3.05, 3.63) is 0 Å². The largest absolute Gasteiger partial charge is 0.385 e. The van der Waals surface area contributed by atoms with Gasteiger partial charge in [-0.1, -0.05) is 12.8 Å². The first-order valence-corrected chi connectivity index (χ1v) is 8.71. The summed E-state index contributed by atoms with van der Waals surface area (Å²) in [5, 5.41) is 3.07. The number of hydrogen-bond acceptors (Lipinski definition) is 3. The molecule has 2 aliphatic rings. The van der Waals surface area contributed by atoms with Crippen LogP contribution in [0.3, 0.4) is 0 Å². The van der Waals surface area contributed by atoms with Crippen LogP contribution in [0.2, 0.25) is 0 Å². The lowest BCUT2D eigenvalue weighted by Crippen LogP contribution is -2.46. The average molecular weight is 310 g/mol. The van der Waals surface area contributed by atoms with Crippen molar-refractivity contribution in [2.24, 2.45) is 11.8 Å². The van der Waals surface area contributed by atoms with E-state index in [0.29, 0.717) is 6.61 Å². The smallest absolute Gasteiger partial charge is 0.226 e. The summed E-state index contributed by atoms with van der Waals surface area (Å²) in [6.07, 6.45) is 6.82. The standard InChI is InChI=1S/C17H30N2O3/c1-13(9-12-22-2)18-16(20)14-7-3-4-8-15(14)17(21)19-10-5-6-11-19/h13-15H,3-12H2,1-2H3,(H,18,20)/t13-,14-,15-/m0/s1. The zero-order valence-electron chi connectivity index (χ0n) is 14.0. The highest BCUT2D eigenvalue weighted by Gasteiger charge is 2.38. The number of ether oxygens (including phenoxy) is 1. The summed E-state index contributed by atoms with van der Waals surface area (Å²) >= 11 is 0. The summed E-state index contributed by atoms with van der Waals surface area (Å²) in [5.41, 5.74) is 0. The van der Waals surface area contributed by atoms with E-state index in [1.165, 1.54) is 0 Å². The van der Waals surface area contributed by atoms with E-state index < -0.39 is 0 Å². The summed E-state index contributed by atoms with van der Waals surface area (Å²) in [5.74, 6) is 0.0102. The maximum atomic E-state index is 12.7. The van der Waals surface area contributed by atoms with E-state index in [2.05, 4.69) is 5.32 Å². The second-order valence-electron chi connectivity index (χ2n) is 6.72. The molecule has 1 N–H and O–H groups in total. The van der Waals surface area contributed by atoms with Gasteiger partial charge in [0.15, 0.2) is 0 Å². The minimum atomic E-state index is -0.146. The van der Waals surface area contributed by atoms with Crippen LogP contribution in [0.5, 0.6) is 0 Å². The SMILES string of the molecule is COCC[C@H](C)NC(=O)[C@H]1CCCC[C@@H]1C(=O)N1CCCC1. The van der Waals surface area contributed by atoms with Crippen molar-refractivity contribution in [1.29, 1.82) is 0 Å². The molecule has 2 amide bonds. The van der Waals surface area contributed by atoms with Crippen LogP contribution >= 0.6 is 0 Å². The van der Waals surface area contributed by atoms with Crippen molar-refractivity contribution in [3.63, 3.8) is 0 Å². The minimum absolute atomic E-state index is 0.0563. The van der Waals surface area contributed by atoms with E-state index >= 15 is 0 Å². The van der Waals surface area contributed by atoms with Crippen molar-refractivity contribution in [1.82, 2.24) is 10.2 Å². The molecule has 5 heteroatoms. The molecule has 0 bridgehead atoms. The van der Waals surface area contributed by atoms with E-state index in [0.717, 1.165) is 58.0 Å². The summed E-state index contributed by atoms with van der Waals surface area (Å²) in [7, 11) is 1.67. The van der Waals surface area contributed by atoms with Crippen LogP contribution in [0.1, 0.15) is 51.9 Å². The second kappa shape index (κ2) is 8.51. The van der Waals surface area contributed by atoms with Crippen LogP contribution in [0.25, 0.3) is 0 Å². The van der Waals surface area contributed by atoms with Crippen LogP contribution < -0.4 is 5.32 Å². The van der Waals surface area contributed by atoms with E-state index in [1.807, 2.05) is 11.8 Å². The zero-order valence-corrected chi connectivity index (χ0v) is 14.0. The van der Waals surface area contributed by atoms with Gasteiger partial charge in [0.2, 0.25) is 11.8 Å². The summed E-state index contributed by atoms with van der Waals surface area (Å²) in [6, 6.07) is 0.0944. The fraction of sp³-hybridized carbons (Fsp3) is 0.882. The molecule has 1 saturated carbocycles. The van der Waals surface area contributed by atoms with Gasteiger partial charge in [-0.05, 0) is 39.0 Å². The number of nitrogens with one attached hydrogen (secondary N) is 1. The first-order valence-electron chi connectivity index (χ1n) is 8.71. The molecular weight excluding hydrogens is 280 g/mol. The molecule has 5 nitrogen and oxygen atoms in total. The van der Waals surface area contributed by atoms with Crippen LogP contribution in [-0.4, -0.2) is 49.6 Å². The Hall–Kier alpha value is -1.10. The molecule has 1 heterocycles. The van der Waals surface area contributed by atoms with Gasteiger partial charge in [0, 0.05) is 44.7 Å². The van der Waals surface area contributed by atoms with Gasteiger partial charge < -0.3 is 15.0 Å². The van der Waals surface area contributed by atoms with Gasteiger partial charge >= 0.3 is 0 Å². The number of rotatable bonds is 6. The van der Waals surface area contributed by atoms with E-state index in [1.54, 1.807) is 7.11 Å². The molecule has 0 aromatic heterocycles. The van der Waals surface area contributed by atoms with Crippen molar-refractivity contribution in [2.45, 2.75) is 57.9 Å². The number of carbonyl (C=O) groups is 2. The van der Waals surface area contributed by atoms with Crippen LogP contribution in [0.4, 0.5) is 0 Å². The summed E-state index contributed by atoms with van der Waals surface area (Å²) < 4.78 is 5.05. The predicted octanol–water partition coefficient (Wildman–Crippen LogP) is 1.96. The Bertz CT molecular complexity index is 380. The number of nitrogens with zero attached hydrogens (tertiary/aromatic N) is 1. The van der Waals surface area contributed by atoms with Gasteiger partial charge in [-0.3, -0.25) is 9.59 Å². The van der Waals surface area contributed by atoms with Crippen LogP contribution in [0, 0.1) is 11.8 Å². The number of carbonyl (C=O) groups excluding carboxylic acids is 2. The molecule has 0 spiro atoms. The fourth-order valence-electron chi connectivity index (χ4n) is 3.63. The lowest BCUT2D eigenvalue weighted by atomic mass is 9.77. The molecule has 0 radical (unpaired) electrons. The maximum Gasteiger partial charge on any atom is 0.226 e. The molecule has 3 atom stereocenters. The van der Waals surface area contributed by atoms with Gasteiger partial charge in [-0.15, -0.1) is 0 Å². The monoisotopic (exact) mass is 310 g/mol. The van der Waals surface area contributed by atoms with E-state index in [4.69, 9.17) is 4.74 Å². The Morgan fingerprint density at radius 2 is 1.77 bits per heavy atom. The zero-order chi connectivity index (χ0) is 15.9. The molecule has 1 saturated heterocycles. The molecule has 1 aliphatic heterocycles. The maximum absolute atomic E-state index is 12.7. The van der Waals surface area contributed by atoms with Gasteiger partial charge in [0.05, 0.1) is 0 Å². The normalized spacial score (nSPS) is 26.7. The highest BCUT2D eigenvalue weighted by atomic mass is 16.5. The quantitative estimate of drug-likeness (QED) is 0.816. The first-order chi connectivity index (χ1) is 10.6. The highest BCUT2D eigenvalue weighted by Crippen LogP contribution is 2.32. The summed E-state index contributed by atoms with van der Waals surface area (Å²) in [6.45, 7) is 4.38. The third-order valence-corrected chi connectivity index (χ3v) is 4.98. The van der Waals surface area contributed by atoms with E-state index in [9.17, 15) is 9.59 Å². The highest BCUT2D eigenvalue weighted by molar-refractivity contribution is 5.88. The molecule has 22 heavy (non-hydrogen) atoms. The molecule has 0 unspecified atom stereocenters. The predicted molar refractivity (Wildman–Crippen MR) is 85.4 cm³/mol. The molecule has 2 rings (SSSR count). The third-order valence-electron chi connectivity index (χ3n) is 4.98. The Morgan fingerprint density at radius 3 is 2.41 bits per heavy atom. The number of likely N-dealkylation sites (tertiary alicyclic amines) is 1. The van der Waals surface area contributed by atoms with Crippen molar-refractivity contribution < 1.29 is 14.3 Å². The summed E-state index contributed by atoms with van der Waals surface area (Å²) in [4.78, 5) is 27.2. The van der Waals surface area contributed by atoms with Gasteiger partial charge in [-0.2, -0.15) is 0 Å². The Balaban J connectivity index is 1.93. The fourth-order valence-corrected chi connectivity index (χ4v) is 3.63. The Labute approximate surface area is 133 Å². The molecule has 126 valence electrons. The van der Waals surface area contributed by atoms with Crippen molar-refractivity contribution in [2.75, 3.05) is 26.8 Å². The topological polar surface area (TPSA) is 58.6 Å². The molecular formula is C17H30N2O3. The number of methoxy groups -OCH3 is 1. The number of amides is 2. The average Bonchev–Trinajstić information content (AvgIpc) is 3.06. The molecule has 0 aromatic rings. The number of hydrogen-bond donors (Lipinski definition) is 1. The van der Waals surface area contributed by atoms with Gasteiger partial charge in [-0.25, -0.2) is 0 Å². The lowest BCUT2D eigenvalue weighted by Gasteiger charge is -2.33. The van der Waals surface area contributed by atoms with Crippen LogP contribution in [-0.2, 0) is 14.3 Å². The lowest BCUT2D eigenvalue weighted by molar-refractivity contribution is -0.143. The van der Waals surface area contributed by atoms with Crippen molar-refractivity contribution >= 4 is 11.8 Å².